The molecule has 1 aromatic heterocycles. The Balaban J connectivity index is 2.01. The molecule has 6 nitrogen and oxygen atoms in total. The zero-order chi connectivity index (χ0) is 17.1. The van der Waals surface area contributed by atoms with Gasteiger partial charge in [0.1, 0.15) is 11.2 Å². The second kappa shape index (κ2) is 5.08. The molecule has 2 N–H and O–H groups in total. The van der Waals surface area contributed by atoms with Gasteiger partial charge >= 0.3 is 0 Å². The molecule has 0 saturated heterocycles. The lowest BCUT2D eigenvalue weighted by Gasteiger charge is -2.32. The van der Waals surface area contributed by atoms with Gasteiger partial charge in [0.2, 0.25) is 11.8 Å². The van der Waals surface area contributed by atoms with E-state index in [0.717, 1.165) is 5.56 Å². The zero-order valence-corrected chi connectivity index (χ0v) is 14.1. The predicted octanol–water partition coefficient (Wildman–Crippen LogP) is 2.69. The Morgan fingerprint density at radius 2 is 2.12 bits per heavy atom. The van der Waals surface area contributed by atoms with Gasteiger partial charge in [-0.1, -0.05) is 37.6 Å². The summed E-state index contributed by atoms with van der Waals surface area (Å²) in [6.07, 6.45) is 1.68. The topological polar surface area (TPSA) is 78.1 Å². The van der Waals surface area contributed by atoms with Crippen LogP contribution in [0.4, 0.5) is 11.5 Å². The zero-order valence-electron chi connectivity index (χ0n) is 13.4. The van der Waals surface area contributed by atoms with E-state index in [2.05, 4.69) is 15.5 Å². The number of anilines is 2. The molecule has 0 unspecified atom stereocenters. The lowest BCUT2D eigenvalue weighted by Crippen LogP contribution is -2.47. The Kier molecular flexibility index (Phi) is 3.22. The number of rotatable bonds is 2. The summed E-state index contributed by atoms with van der Waals surface area (Å²) >= 11 is 6.44. The van der Waals surface area contributed by atoms with Gasteiger partial charge in [-0.25, -0.2) is 0 Å². The normalized spacial score (nSPS) is 22.1. The first-order chi connectivity index (χ1) is 11.4. The van der Waals surface area contributed by atoms with Crippen molar-refractivity contribution in [3.05, 3.63) is 40.5 Å². The first kappa shape index (κ1) is 15.2. The molecule has 2 amide bonds. The number of halogens is 1. The molecule has 3 heterocycles. The number of benzene rings is 1. The van der Waals surface area contributed by atoms with Gasteiger partial charge in [-0.3, -0.25) is 14.7 Å². The van der Waals surface area contributed by atoms with Gasteiger partial charge in [0, 0.05) is 18.5 Å². The molecule has 1 spiro atoms. The lowest BCUT2D eigenvalue weighted by molar-refractivity contribution is -0.126. The van der Waals surface area contributed by atoms with Crippen LogP contribution in [-0.4, -0.2) is 28.6 Å². The third kappa shape index (κ3) is 1.86. The van der Waals surface area contributed by atoms with Crippen LogP contribution in [0.25, 0.3) is 0 Å². The van der Waals surface area contributed by atoms with Crippen molar-refractivity contribution in [3.8, 4) is 0 Å². The second-order valence-electron chi connectivity index (χ2n) is 6.73. The van der Waals surface area contributed by atoms with E-state index in [1.54, 1.807) is 17.2 Å². The maximum atomic E-state index is 13.5. The monoisotopic (exact) mass is 344 g/mol. The maximum absolute atomic E-state index is 13.5. The van der Waals surface area contributed by atoms with Gasteiger partial charge < -0.3 is 10.2 Å². The van der Waals surface area contributed by atoms with Gasteiger partial charge in [0.25, 0.3) is 0 Å². The fourth-order valence-corrected chi connectivity index (χ4v) is 4.05. The molecule has 2 aliphatic heterocycles. The number of nitrogens with one attached hydrogen (secondary N) is 2. The van der Waals surface area contributed by atoms with E-state index in [-0.39, 0.29) is 24.2 Å². The van der Waals surface area contributed by atoms with Crippen molar-refractivity contribution >= 4 is 34.9 Å². The number of amides is 2. The molecule has 24 heavy (non-hydrogen) atoms. The molecule has 0 saturated carbocycles. The van der Waals surface area contributed by atoms with Crippen molar-refractivity contribution in [2.75, 3.05) is 16.8 Å². The molecule has 4 rings (SSSR count). The number of aromatic amines is 1. The number of fused-ring (bicyclic) bond motifs is 4. The van der Waals surface area contributed by atoms with Gasteiger partial charge in [-0.05, 0) is 17.5 Å². The molecular formula is C17H17ClN4O2. The van der Waals surface area contributed by atoms with Crippen molar-refractivity contribution in [3.63, 3.8) is 0 Å². The average molecular weight is 345 g/mol. The van der Waals surface area contributed by atoms with Crippen molar-refractivity contribution in [1.29, 1.82) is 0 Å². The quantitative estimate of drug-likeness (QED) is 0.879. The van der Waals surface area contributed by atoms with Gasteiger partial charge in [0.15, 0.2) is 0 Å². The summed E-state index contributed by atoms with van der Waals surface area (Å²) < 4.78 is 0. The van der Waals surface area contributed by atoms with E-state index < -0.39 is 5.41 Å². The van der Waals surface area contributed by atoms with Crippen molar-refractivity contribution < 1.29 is 9.59 Å². The third-order valence-corrected chi connectivity index (χ3v) is 4.97. The highest BCUT2D eigenvalue weighted by molar-refractivity contribution is 6.35. The first-order valence-corrected chi connectivity index (χ1v) is 8.27. The highest BCUT2D eigenvalue weighted by Crippen LogP contribution is 2.53. The van der Waals surface area contributed by atoms with E-state index >= 15 is 0 Å². The van der Waals surface area contributed by atoms with E-state index in [0.29, 0.717) is 28.6 Å². The Labute approximate surface area is 144 Å². The summed E-state index contributed by atoms with van der Waals surface area (Å²) in [5, 5.41) is 10.1. The molecule has 7 heteroatoms. The van der Waals surface area contributed by atoms with Crippen LogP contribution in [-0.2, 0) is 15.0 Å². The summed E-state index contributed by atoms with van der Waals surface area (Å²) in [4.78, 5) is 27.5. The Morgan fingerprint density at radius 1 is 1.33 bits per heavy atom. The highest BCUT2D eigenvalue weighted by atomic mass is 35.5. The molecule has 0 fully saturated rings. The molecule has 2 aliphatic rings. The maximum Gasteiger partial charge on any atom is 0.242 e. The van der Waals surface area contributed by atoms with Crippen LogP contribution in [0.1, 0.15) is 31.4 Å². The number of hydrogen-bond donors (Lipinski definition) is 2. The SMILES string of the molecule is CC(C)CN1C(=O)[C@@]2(CC(=O)Nc3[nH]ncc32)c2cccc(Cl)c21. The molecule has 1 atom stereocenters. The largest absolute Gasteiger partial charge is 0.311 e. The molecule has 0 radical (unpaired) electrons. The minimum Gasteiger partial charge on any atom is -0.311 e. The van der Waals surface area contributed by atoms with E-state index in [4.69, 9.17) is 11.6 Å². The van der Waals surface area contributed by atoms with Crippen LogP contribution in [0.2, 0.25) is 5.02 Å². The average Bonchev–Trinajstić information content (AvgIpc) is 3.06. The third-order valence-electron chi connectivity index (χ3n) is 4.66. The van der Waals surface area contributed by atoms with Crippen LogP contribution in [0, 0.1) is 5.92 Å². The summed E-state index contributed by atoms with van der Waals surface area (Å²) in [5.41, 5.74) is 1.12. The lowest BCUT2D eigenvalue weighted by atomic mass is 9.72. The molecular weight excluding hydrogens is 328 g/mol. The standard InChI is InChI=1S/C17H17ClN4O2/c1-9(2)8-22-14-10(4-3-5-12(14)18)17(16(22)24)6-13(23)20-15-11(17)7-19-21-15/h3-5,7,9H,6,8H2,1-2H3,(H2,19,20,21,23)/t17-/m0/s1. The number of para-hydroxylation sites is 1. The van der Waals surface area contributed by atoms with Crippen LogP contribution in [0.15, 0.2) is 24.4 Å². The fourth-order valence-electron chi connectivity index (χ4n) is 3.78. The van der Waals surface area contributed by atoms with Crippen LogP contribution in [0.3, 0.4) is 0 Å². The number of hydrogen-bond acceptors (Lipinski definition) is 3. The van der Waals surface area contributed by atoms with E-state index in [1.165, 1.54) is 0 Å². The summed E-state index contributed by atoms with van der Waals surface area (Å²) in [5.74, 6) is 0.431. The van der Waals surface area contributed by atoms with Crippen LogP contribution >= 0.6 is 11.6 Å². The summed E-state index contributed by atoms with van der Waals surface area (Å²) in [6, 6.07) is 5.48. The minimum atomic E-state index is -1.06. The molecule has 0 aliphatic carbocycles. The molecule has 124 valence electrons. The predicted molar refractivity (Wildman–Crippen MR) is 91.3 cm³/mol. The highest BCUT2D eigenvalue weighted by Gasteiger charge is 2.57. The summed E-state index contributed by atoms with van der Waals surface area (Å²) in [7, 11) is 0. The van der Waals surface area contributed by atoms with Crippen molar-refractivity contribution in [2.45, 2.75) is 25.7 Å². The van der Waals surface area contributed by atoms with Crippen molar-refractivity contribution in [1.82, 2.24) is 10.2 Å². The van der Waals surface area contributed by atoms with Crippen LogP contribution < -0.4 is 10.2 Å². The Hall–Kier alpha value is -2.34. The smallest absolute Gasteiger partial charge is 0.242 e. The van der Waals surface area contributed by atoms with E-state index in [1.807, 2.05) is 26.0 Å². The number of carbonyl (C=O) groups excluding carboxylic acids is 2. The number of aromatic nitrogens is 2. The van der Waals surface area contributed by atoms with Crippen molar-refractivity contribution in [2.24, 2.45) is 5.92 Å². The minimum absolute atomic E-state index is 0.0559. The molecule has 1 aromatic carbocycles. The number of H-pyrrole nitrogens is 1. The Morgan fingerprint density at radius 3 is 2.88 bits per heavy atom. The number of carbonyl (C=O) groups is 2. The van der Waals surface area contributed by atoms with Gasteiger partial charge in [-0.2, -0.15) is 5.10 Å². The van der Waals surface area contributed by atoms with Gasteiger partial charge in [0.05, 0.1) is 16.9 Å². The van der Waals surface area contributed by atoms with E-state index in [9.17, 15) is 9.59 Å². The Bertz CT molecular complexity index is 860. The van der Waals surface area contributed by atoms with Crippen LogP contribution in [0.5, 0.6) is 0 Å². The number of nitrogens with zero attached hydrogens (tertiary/aromatic N) is 2. The van der Waals surface area contributed by atoms with Gasteiger partial charge in [-0.15, -0.1) is 0 Å². The summed E-state index contributed by atoms with van der Waals surface area (Å²) in [6.45, 7) is 4.64. The second-order valence-corrected chi connectivity index (χ2v) is 7.14. The first-order valence-electron chi connectivity index (χ1n) is 7.90. The molecule has 2 aromatic rings. The molecule has 0 bridgehead atoms. The fraction of sp³-hybridized carbons (Fsp3) is 0.353.